The number of rotatable bonds is 4. The number of nitrogens with zero attached hydrogens (tertiary/aromatic N) is 2. The van der Waals surface area contributed by atoms with Crippen LogP contribution in [-0.2, 0) is 6.54 Å². The molecule has 1 aromatic heterocycles. The number of carboxylic acid groups (broad SMARTS) is 1. The number of hydrogen-bond acceptors (Lipinski definition) is 3. The van der Waals surface area contributed by atoms with Crippen molar-refractivity contribution >= 4 is 5.97 Å². The highest BCUT2D eigenvalue weighted by Crippen LogP contribution is 2.17. The fraction of sp³-hybridized carbons (Fsp3) is 0.286. The number of hydrogen-bond donors (Lipinski definition) is 1. The average Bonchev–Trinajstić information content (AvgIpc) is 2.64. The van der Waals surface area contributed by atoms with Crippen LogP contribution in [0.3, 0.4) is 0 Å². The lowest BCUT2D eigenvalue weighted by atomic mass is 10.2. The summed E-state index contributed by atoms with van der Waals surface area (Å²) in [5.74, 6) is 0.489. The van der Waals surface area contributed by atoms with Crippen LogP contribution in [0.5, 0.6) is 5.75 Å². The van der Waals surface area contributed by atoms with Crippen LogP contribution in [0.2, 0.25) is 0 Å². The molecule has 0 amide bonds. The zero-order valence-electron chi connectivity index (χ0n) is 11.2. The number of ether oxygens (including phenoxy) is 1. The average molecular weight is 260 g/mol. The van der Waals surface area contributed by atoms with Crippen molar-refractivity contribution < 1.29 is 14.6 Å². The van der Waals surface area contributed by atoms with Gasteiger partial charge >= 0.3 is 5.97 Å². The van der Waals surface area contributed by atoms with Crippen LogP contribution in [0.25, 0.3) is 0 Å². The van der Waals surface area contributed by atoms with Gasteiger partial charge in [0.2, 0.25) is 0 Å². The van der Waals surface area contributed by atoms with Gasteiger partial charge in [-0.15, -0.1) is 0 Å². The largest absolute Gasteiger partial charge is 0.497 e. The number of aromatic carboxylic acids is 1. The zero-order valence-corrected chi connectivity index (χ0v) is 11.2. The van der Waals surface area contributed by atoms with Crippen molar-refractivity contribution in [2.75, 3.05) is 7.11 Å². The molecule has 100 valence electrons. The minimum absolute atomic E-state index is 0.236. The summed E-state index contributed by atoms with van der Waals surface area (Å²) in [6.45, 7) is 3.98. The van der Waals surface area contributed by atoms with E-state index >= 15 is 0 Å². The van der Waals surface area contributed by atoms with E-state index in [2.05, 4.69) is 4.98 Å². The van der Waals surface area contributed by atoms with Gasteiger partial charge in [-0.3, -0.25) is 0 Å². The predicted molar refractivity (Wildman–Crippen MR) is 70.8 cm³/mol. The maximum atomic E-state index is 11.3. The van der Waals surface area contributed by atoms with Crippen LogP contribution in [0.4, 0.5) is 0 Å². The summed E-state index contributed by atoms with van der Waals surface area (Å²) in [7, 11) is 1.61. The first-order chi connectivity index (χ1) is 9.02. The second-order valence-corrected chi connectivity index (χ2v) is 4.34. The monoisotopic (exact) mass is 260 g/mol. The minimum atomic E-state index is -0.957. The molecular formula is C14H16N2O3. The highest BCUT2D eigenvalue weighted by Gasteiger charge is 2.18. The van der Waals surface area contributed by atoms with Crippen LogP contribution in [0.15, 0.2) is 24.3 Å². The Kier molecular flexibility index (Phi) is 3.55. The van der Waals surface area contributed by atoms with Gasteiger partial charge in [0.25, 0.3) is 0 Å². The molecule has 19 heavy (non-hydrogen) atoms. The van der Waals surface area contributed by atoms with E-state index in [0.717, 1.165) is 11.3 Å². The smallest absolute Gasteiger partial charge is 0.354 e. The van der Waals surface area contributed by atoms with Crippen molar-refractivity contribution in [1.29, 1.82) is 0 Å². The molecule has 0 radical (unpaired) electrons. The number of imidazole rings is 1. The van der Waals surface area contributed by atoms with Gasteiger partial charge in [0.15, 0.2) is 5.69 Å². The van der Waals surface area contributed by atoms with Gasteiger partial charge in [-0.05, 0) is 31.5 Å². The molecule has 5 heteroatoms. The molecule has 1 heterocycles. The van der Waals surface area contributed by atoms with Crippen molar-refractivity contribution in [3.05, 3.63) is 47.0 Å². The van der Waals surface area contributed by atoms with Crippen LogP contribution in [0.1, 0.15) is 27.6 Å². The quantitative estimate of drug-likeness (QED) is 0.915. The Morgan fingerprint density at radius 2 is 2.16 bits per heavy atom. The molecule has 0 saturated heterocycles. The van der Waals surface area contributed by atoms with E-state index in [-0.39, 0.29) is 5.69 Å². The summed E-state index contributed by atoms with van der Waals surface area (Å²) in [5.41, 5.74) is 1.75. The third-order valence-corrected chi connectivity index (χ3v) is 3.01. The highest BCUT2D eigenvalue weighted by atomic mass is 16.5. The van der Waals surface area contributed by atoms with E-state index in [1.165, 1.54) is 0 Å². The molecule has 0 spiro atoms. The summed E-state index contributed by atoms with van der Waals surface area (Å²) in [6, 6.07) is 7.56. The van der Waals surface area contributed by atoms with Crippen LogP contribution in [0, 0.1) is 13.8 Å². The number of methoxy groups -OCH3 is 1. The lowest BCUT2D eigenvalue weighted by Gasteiger charge is -2.09. The number of aryl methyl sites for hydroxylation is 2. The standard InChI is InChI=1S/C14H16N2O3/c1-9-13(14(17)18)16(10(2)15-9)8-11-5-4-6-12(7-11)19-3/h4-7H,8H2,1-3H3,(H,17,18). The Morgan fingerprint density at radius 3 is 2.79 bits per heavy atom. The normalized spacial score (nSPS) is 10.5. The van der Waals surface area contributed by atoms with Gasteiger partial charge in [0.1, 0.15) is 11.6 Å². The topological polar surface area (TPSA) is 64.4 Å². The van der Waals surface area contributed by atoms with Gasteiger partial charge in [-0.1, -0.05) is 12.1 Å². The van der Waals surface area contributed by atoms with Crippen LogP contribution in [-0.4, -0.2) is 27.7 Å². The minimum Gasteiger partial charge on any atom is -0.497 e. The van der Waals surface area contributed by atoms with Crippen LogP contribution < -0.4 is 4.74 Å². The Hall–Kier alpha value is -2.30. The molecule has 1 N–H and O–H groups in total. The molecule has 0 aliphatic rings. The lowest BCUT2D eigenvalue weighted by molar-refractivity contribution is 0.0684. The molecule has 2 rings (SSSR count). The molecule has 5 nitrogen and oxygen atoms in total. The Labute approximate surface area is 111 Å². The molecule has 0 atom stereocenters. The van der Waals surface area contributed by atoms with Crippen molar-refractivity contribution in [2.24, 2.45) is 0 Å². The second kappa shape index (κ2) is 5.14. The summed E-state index contributed by atoms with van der Waals surface area (Å²) in [5, 5.41) is 9.25. The maximum absolute atomic E-state index is 11.3. The summed E-state index contributed by atoms with van der Waals surface area (Å²) in [6.07, 6.45) is 0. The maximum Gasteiger partial charge on any atom is 0.354 e. The van der Waals surface area contributed by atoms with E-state index in [1.807, 2.05) is 24.3 Å². The fourth-order valence-electron chi connectivity index (χ4n) is 2.13. The molecule has 0 saturated carbocycles. The molecule has 0 unspecified atom stereocenters. The van der Waals surface area contributed by atoms with Crippen molar-refractivity contribution in [2.45, 2.75) is 20.4 Å². The first kappa shape index (κ1) is 13.1. The van der Waals surface area contributed by atoms with Crippen LogP contribution >= 0.6 is 0 Å². The van der Waals surface area contributed by atoms with E-state index < -0.39 is 5.97 Å². The Balaban J connectivity index is 2.40. The van der Waals surface area contributed by atoms with Gasteiger partial charge < -0.3 is 14.4 Å². The second-order valence-electron chi connectivity index (χ2n) is 4.34. The Bertz CT molecular complexity index is 617. The molecule has 0 aliphatic carbocycles. The first-order valence-electron chi connectivity index (χ1n) is 5.93. The summed E-state index contributed by atoms with van der Waals surface area (Å²) in [4.78, 5) is 15.5. The van der Waals surface area contributed by atoms with Gasteiger partial charge in [-0.25, -0.2) is 9.78 Å². The first-order valence-corrected chi connectivity index (χ1v) is 5.93. The third-order valence-electron chi connectivity index (χ3n) is 3.01. The molecule has 1 aromatic carbocycles. The molecule has 0 aliphatic heterocycles. The van der Waals surface area contributed by atoms with Crippen molar-refractivity contribution in [1.82, 2.24) is 9.55 Å². The SMILES string of the molecule is COc1cccc(Cn2c(C)nc(C)c2C(=O)O)c1. The fourth-order valence-corrected chi connectivity index (χ4v) is 2.13. The van der Waals surface area contributed by atoms with E-state index in [9.17, 15) is 9.90 Å². The predicted octanol–water partition coefficient (Wildman–Crippen LogP) is 2.26. The zero-order chi connectivity index (χ0) is 14.0. The number of carboxylic acids is 1. The van der Waals surface area contributed by atoms with Gasteiger partial charge in [0, 0.05) is 6.54 Å². The van der Waals surface area contributed by atoms with E-state index in [1.54, 1.807) is 25.5 Å². The number of benzene rings is 1. The van der Waals surface area contributed by atoms with E-state index in [4.69, 9.17) is 4.74 Å². The lowest BCUT2D eigenvalue weighted by Crippen LogP contribution is -2.11. The van der Waals surface area contributed by atoms with Gasteiger partial charge in [-0.2, -0.15) is 0 Å². The van der Waals surface area contributed by atoms with Gasteiger partial charge in [0.05, 0.1) is 12.8 Å². The molecule has 2 aromatic rings. The summed E-state index contributed by atoms with van der Waals surface area (Å²) < 4.78 is 6.87. The van der Waals surface area contributed by atoms with Crippen molar-refractivity contribution in [3.8, 4) is 5.75 Å². The van der Waals surface area contributed by atoms with Crippen molar-refractivity contribution in [3.63, 3.8) is 0 Å². The number of aromatic nitrogens is 2. The molecular weight excluding hydrogens is 244 g/mol. The summed E-state index contributed by atoms with van der Waals surface area (Å²) >= 11 is 0. The number of carbonyl (C=O) groups is 1. The van der Waals surface area contributed by atoms with E-state index in [0.29, 0.717) is 18.1 Å². The third kappa shape index (κ3) is 2.59. The molecule has 0 bridgehead atoms. The Morgan fingerprint density at radius 1 is 1.42 bits per heavy atom. The highest BCUT2D eigenvalue weighted by molar-refractivity contribution is 5.87. The molecule has 0 fully saturated rings.